The molecule has 0 unspecified atom stereocenters. The van der Waals surface area contributed by atoms with Gasteiger partial charge in [-0.25, -0.2) is 8.42 Å². The number of pyridine rings is 1. The highest BCUT2D eigenvalue weighted by atomic mass is 79.9. The Bertz CT molecular complexity index is 970. The zero-order valence-corrected chi connectivity index (χ0v) is 16.9. The summed E-state index contributed by atoms with van der Waals surface area (Å²) in [5.74, 6) is -0.492. The van der Waals surface area contributed by atoms with Gasteiger partial charge in [0.05, 0.1) is 5.75 Å². The minimum Gasteiger partial charge on any atom is -0.350 e. The normalized spacial score (nSPS) is 11.2. The Kier molecular flexibility index (Phi) is 6.60. The molecule has 7 nitrogen and oxygen atoms in total. The Labute approximate surface area is 160 Å². The highest BCUT2D eigenvalue weighted by Crippen LogP contribution is 2.15. The fourth-order valence-electron chi connectivity index (χ4n) is 2.22. The number of nitrogens with zero attached hydrogens (tertiary/aromatic N) is 1. The highest BCUT2D eigenvalue weighted by Gasteiger charge is 2.14. The summed E-state index contributed by atoms with van der Waals surface area (Å²) in [6.45, 7) is 3.28. The first-order valence-corrected chi connectivity index (χ1v) is 10.4. The van der Waals surface area contributed by atoms with Gasteiger partial charge in [0.15, 0.2) is 0 Å². The van der Waals surface area contributed by atoms with Crippen LogP contribution < -0.4 is 15.6 Å². The number of anilines is 1. The van der Waals surface area contributed by atoms with Crippen molar-refractivity contribution in [2.75, 3.05) is 10.5 Å². The van der Waals surface area contributed by atoms with Crippen LogP contribution in [0.2, 0.25) is 0 Å². The van der Waals surface area contributed by atoms with E-state index < -0.39 is 15.6 Å². The molecule has 0 aliphatic heterocycles. The molecule has 1 heterocycles. The molecule has 26 heavy (non-hydrogen) atoms. The maximum Gasteiger partial charge on any atom is 0.275 e. The van der Waals surface area contributed by atoms with Crippen molar-refractivity contribution in [2.24, 2.45) is 0 Å². The quantitative estimate of drug-likeness (QED) is 0.686. The Hall–Kier alpha value is -2.13. The summed E-state index contributed by atoms with van der Waals surface area (Å²) in [7, 11) is -3.57. The van der Waals surface area contributed by atoms with E-state index in [2.05, 4.69) is 26.0 Å². The van der Waals surface area contributed by atoms with E-state index in [1.54, 1.807) is 13.0 Å². The number of nitrogens with one attached hydrogen (secondary N) is 2. The van der Waals surface area contributed by atoms with Gasteiger partial charge in [0.25, 0.3) is 5.56 Å². The van der Waals surface area contributed by atoms with Gasteiger partial charge >= 0.3 is 0 Å². The largest absolute Gasteiger partial charge is 0.350 e. The molecule has 1 amide bonds. The topological polar surface area (TPSA) is 97.3 Å². The molecule has 1 aromatic heterocycles. The molecule has 0 radical (unpaired) electrons. The Morgan fingerprint density at radius 2 is 1.88 bits per heavy atom. The number of halogens is 1. The van der Waals surface area contributed by atoms with Gasteiger partial charge in [0.2, 0.25) is 15.9 Å². The number of carbonyl (C=O) groups is 1. The van der Waals surface area contributed by atoms with Crippen LogP contribution in [0.15, 0.2) is 45.7 Å². The average molecular weight is 442 g/mol. The van der Waals surface area contributed by atoms with Gasteiger partial charge in [-0.15, -0.1) is 0 Å². The molecule has 2 N–H and O–H groups in total. The molecule has 0 aliphatic carbocycles. The lowest BCUT2D eigenvalue weighted by molar-refractivity contribution is -0.121. The third kappa shape index (κ3) is 5.18. The van der Waals surface area contributed by atoms with Gasteiger partial charge in [0, 0.05) is 16.7 Å². The first-order valence-electron chi connectivity index (χ1n) is 7.94. The van der Waals surface area contributed by atoms with Crippen LogP contribution in [0, 0.1) is 6.92 Å². The number of hydrogen-bond acceptors (Lipinski definition) is 4. The Morgan fingerprint density at radius 1 is 1.19 bits per heavy atom. The molecular formula is C17H20BrN3O4S. The second-order valence-corrected chi connectivity index (χ2v) is 8.52. The van der Waals surface area contributed by atoms with E-state index in [4.69, 9.17) is 0 Å². The van der Waals surface area contributed by atoms with Crippen LogP contribution in [0.5, 0.6) is 0 Å². The van der Waals surface area contributed by atoms with Crippen LogP contribution in [0.1, 0.15) is 18.2 Å². The summed E-state index contributed by atoms with van der Waals surface area (Å²) in [5.41, 5.74) is 0.842. The predicted octanol–water partition coefficient (Wildman–Crippen LogP) is 2.00. The minimum atomic E-state index is -3.57. The highest BCUT2D eigenvalue weighted by molar-refractivity contribution is 9.10. The summed E-state index contributed by atoms with van der Waals surface area (Å²) < 4.78 is 27.7. The number of sulfonamides is 1. The Balaban J connectivity index is 2.14. The molecule has 0 bridgehead atoms. The molecule has 2 aromatic rings. The first kappa shape index (κ1) is 20.2. The number of rotatable bonds is 7. The van der Waals surface area contributed by atoms with Crippen molar-refractivity contribution in [3.63, 3.8) is 0 Å². The van der Waals surface area contributed by atoms with Gasteiger partial charge in [0.1, 0.15) is 12.2 Å². The van der Waals surface area contributed by atoms with E-state index in [-0.39, 0.29) is 23.9 Å². The minimum absolute atomic E-state index is 0.0731. The smallest absolute Gasteiger partial charge is 0.275 e. The van der Waals surface area contributed by atoms with Crippen LogP contribution in [0.25, 0.3) is 0 Å². The summed E-state index contributed by atoms with van der Waals surface area (Å²) in [6, 6.07) is 10.5. The molecule has 0 saturated heterocycles. The van der Waals surface area contributed by atoms with E-state index in [0.717, 1.165) is 10.0 Å². The molecule has 0 saturated carbocycles. The molecule has 0 fully saturated rings. The zero-order valence-electron chi connectivity index (χ0n) is 14.5. The Morgan fingerprint density at radius 3 is 2.54 bits per heavy atom. The molecule has 1 aromatic carbocycles. The lowest BCUT2D eigenvalue weighted by Gasteiger charge is -2.13. The second-order valence-electron chi connectivity index (χ2n) is 5.65. The van der Waals surface area contributed by atoms with E-state index in [0.29, 0.717) is 12.2 Å². The van der Waals surface area contributed by atoms with Gasteiger partial charge in [-0.1, -0.05) is 34.1 Å². The van der Waals surface area contributed by atoms with Crippen molar-refractivity contribution < 1.29 is 13.2 Å². The summed E-state index contributed by atoms with van der Waals surface area (Å²) in [5, 5.41) is 2.75. The van der Waals surface area contributed by atoms with Crippen LogP contribution in [0.4, 0.5) is 5.69 Å². The fraction of sp³-hybridized carbons (Fsp3) is 0.294. The second kappa shape index (κ2) is 8.50. The number of hydrogen-bond donors (Lipinski definition) is 2. The van der Waals surface area contributed by atoms with Crippen LogP contribution in [-0.2, 0) is 27.9 Å². The summed E-state index contributed by atoms with van der Waals surface area (Å²) >= 11 is 3.41. The van der Waals surface area contributed by atoms with Crippen molar-refractivity contribution in [2.45, 2.75) is 26.9 Å². The fourth-order valence-corrected chi connectivity index (χ4v) is 3.28. The third-order valence-electron chi connectivity index (χ3n) is 3.77. The lowest BCUT2D eigenvalue weighted by Crippen LogP contribution is -2.34. The van der Waals surface area contributed by atoms with E-state index in [1.807, 2.05) is 24.3 Å². The SMILES string of the molecule is CCS(=O)(=O)Nc1ccc(C)n(CC(=O)NCc2ccccc2Br)c1=O. The number of aryl methyl sites for hydroxylation is 1. The number of aromatic nitrogens is 1. The molecule has 9 heteroatoms. The van der Waals surface area contributed by atoms with Crippen molar-refractivity contribution in [1.82, 2.24) is 9.88 Å². The van der Waals surface area contributed by atoms with Crippen molar-refractivity contribution >= 4 is 37.5 Å². The zero-order chi connectivity index (χ0) is 19.3. The van der Waals surface area contributed by atoms with Crippen molar-refractivity contribution in [3.8, 4) is 0 Å². The molecule has 0 atom stereocenters. The number of benzene rings is 1. The number of amides is 1. The maximum atomic E-state index is 12.5. The maximum absolute atomic E-state index is 12.5. The first-order chi connectivity index (χ1) is 12.2. The predicted molar refractivity (Wildman–Crippen MR) is 105 cm³/mol. The van der Waals surface area contributed by atoms with Crippen LogP contribution in [-0.4, -0.2) is 24.6 Å². The van der Waals surface area contributed by atoms with E-state index in [1.165, 1.54) is 17.6 Å². The van der Waals surface area contributed by atoms with E-state index >= 15 is 0 Å². The van der Waals surface area contributed by atoms with Crippen LogP contribution in [0.3, 0.4) is 0 Å². The van der Waals surface area contributed by atoms with Crippen molar-refractivity contribution in [3.05, 3.63) is 62.5 Å². The summed E-state index contributed by atoms with van der Waals surface area (Å²) in [6.07, 6.45) is 0. The molecular weight excluding hydrogens is 422 g/mol. The van der Waals surface area contributed by atoms with Gasteiger partial charge in [-0.05, 0) is 37.6 Å². The van der Waals surface area contributed by atoms with Gasteiger partial charge in [-0.3, -0.25) is 14.3 Å². The molecule has 0 aliphatic rings. The van der Waals surface area contributed by atoms with Gasteiger partial charge in [-0.2, -0.15) is 0 Å². The van der Waals surface area contributed by atoms with Crippen LogP contribution >= 0.6 is 15.9 Å². The number of carbonyl (C=O) groups excluding carboxylic acids is 1. The molecule has 140 valence electrons. The van der Waals surface area contributed by atoms with E-state index in [9.17, 15) is 18.0 Å². The summed E-state index contributed by atoms with van der Waals surface area (Å²) in [4.78, 5) is 24.7. The average Bonchev–Trinajstić information content (AvgIpc) is 2.60. The third-order valence-corrected chi connectivity index (χ3v) is 5.84. The molecule has 0 spiro atoms. The van der Waals surface area contributed by atoms with Gasteiger partial charge < -0.3 is 9.88 Å². The van der Waals surface area contributed by atoms with Crippen molar-refractivity contribution in [1.29, 1.82) is 0 Å². The standard InChI is InChI=1S/C17H20BrN3O4S/c1-3-26(24,25)20-15-9-8-12(2)21(17(15)23)11-16(22)19-10-13-6-4-5-7-14(13)18/h4-9,20H,3,10-11H2,1-2H3,(H,19,22). The lowest BCUT2D eigenvalue weighted by atomic mass is 10.2. The monoisotopic (exact) mass is 441 g/mol. The molecule has 2 rings (SSSR count).